The van der Waals surface area contributed by atoms with Crippen LogP contribution in [0.2, 0.25) is 0 Å². The second kappa shape index (κ2) is 3.11. The molecule has 70 valence electrons. The van der Waals surface area contributed by atoms with Crippen LogP contribution in [0.25, 0.3) is 0 Å². The summed E-state index contributed by atoms with van der Waals surface area (Å²) < 4.78 is 14.0. The maximum atomic E-state index is 14.0. The summed E-state index contributed by atoms with van der Waals surface area (Å²) in [5.41, 5.74) is -0.293. The van der Waals surface area contributed by atoms with E-state index in [0.29, 0.717) is 6.42 Å². The van der Waals surface area contributed by atoms with E-state index < -0.39 is 5.67 Å². The molecule has 1 nitrogen and oxygen atoms in total. The number of likely N-dealkylation sites (N-methyl/N-ethyl adjacent to an activating group) is 1. The molecule has 1 N–H and O–H groups in total. The molecule has 1 saturated carbocycles. The van der Waals surface area contributed by atoms with Crippen LogP contribution in [0, 0.1) is 0 Å². The molecule has 0 aliphatic heterocycles. The lowest BCUT2D eigenvalue weighted by atomic mass is 10.1. The molecule has 1 aliphatic rings. The Hall–Kier alpha value is -0.890. The Morgan fingerprint density at radius 1 is 1.46 bits per heavy atom. The number of hydrogen-bond acceptors (Lipinski definition) is 1. The number of alkyl halides is 1. The monoisotopic (exact) mass is 179 g/mol. The Morgan fingerprint density at radius 3 is 2.77 bits per heavy atom. The first-order valence-corrected chi connectivity index (χ1v) is 4.75. The fraction of sp³-hybridized carbons (Fsp3) is 0.455. The highest BCUT2D eigenvalue weighted by atomic mass is 19.1. The van der Waals surface area contributed by atoms with Crippen LogP contribution >= 0.6 is 0 Å². The van der Waals surface area contributed by atoms with Gasteiger partial charge in [-0.15, -0.1) is 0 Å². The third kappa shape index (κ3) is 1.46. The topological polar surface area (TPSA) is 12.0 Å². The van der Waals surface area contributed by atoms with Gasteiger partial charge in [-0.25, -0.2) is 4.39 Å². The van der Waals surface area contributed by atoms with Gasteiger partial charge >= 0.3 is 0 Å². The summed E-state index contributed by atoms with van der Waals surface area (Å²) in [5.74, 6) is 0. The summed E-state index contributed by atoms with van der Waals surface area (Å²) in [6.45, 7) is 2.84. The normalized spacial score (nSPS) is 31.7. The Morgan fingerprint density at radius 2 is 2.15 bits per heavy atom. The molecule has 1 fully saturated rings. The van der Waals surface area contributed by atoms with Crippen molar-refractivity contribution >= 4 is 0 Å². The molecule has 0 heterocycles. The lowest BCUT2D eigenvalue weighted by Gasteiger charge is -2.07. The smallest absolute Gasteiger partial charge is 0.152 e. The highest BCUT2D eigenvalue weighted by Crippen LogP contribution is 2.49. The molecule has 1 aromatic carbocycles. The van der Waals surface area contributed by atoms with E-state index in [9.17, 15) is 4.39 Å². The van der Waals surface area contributed by atoms with Crippen molar-refractivity contribution in [2.24, 2.45) is 0 Å². The molecule has 0 amide bonds. The molecular formula is C11H14FN. The largest absolute Gasteiger partial charge is 0.311 e. The Kier molecular flexibility index (Phi) is 2.08. The van der Waals surface area contributed by atoms with E-state index in [1.807, 2.05) is 37.3 Å². The molecule has 2 rings (SSSR count). The molecule has 0 radical (unpaired) electrons. The van der Waals surface area contributed by atoms with Gasteiger partial charge in [-0.2, -0.15) is 0 Å². The third-order valence-corrected chi connectivity index (χ3v) is 2.60. The summed E-state index contributed by atoms with van der Waals surface area (Å²) in [4.78, 5) is 0. The van der Waals surface area contributed by atoms with Gasteiger partial charge in [-0.05, 0) is 12.1 Å². The van der Waals surface area contributed by atoms with Crippen LogP contribution in [0.3, 0.4) is 0 Å². The van der Waals surface area contributed by atoms with Crippen molar-refractivity contribution in [1.29, 1.82) is 0 Å². The fourth-order valence-corrected chi connectivity index (χ4v) is 1.75. The van der Waals surface area contributed by atoms with Crippen LogP contribution in [-0.4, -0.2) is 12.6 Å². The van der Waals surface area contributed by atoms with Crippen molar-refractivity contribution in [2.75, 3.05) is 6.54 Å². The minimum Gasteiger partial charge on any atom is -0.311 e. The van der Waals surface area contributed by atoms with Gasteiger partial charge in [0.2, 0.25) is 0 Å². The first-order valence-electron chi connectivity index (χ1n) is 4.75. The van der Waals surface area contributed by atoms with Gasteiger partial charge in [-0.1, -0.05) is 37.3 Å². The number of hydrogen-bond donors (Lipinski definition) is 1. The lowest BCUT2D eigenvalue weighted by Crippen LogP contribution is -2.22. The summed E-state index contributed by atoms with van der Waals surface area (Å²) in [7, 11) is 0. The summed E-state index contributed by atoms with van der Waals surface area (Å²) in [5, 5.41) is 3.13. The van der Waals surface area contributed by atoms with Crippen molar-refractivity contribution < 1.29 is 4.39 Å². The molecule has 0 bridgehead atoms. The molecular weight excluding hydrogens is 165 g/mol. The summed E-state index contributed by atoms with van der Waals surface area (Å²) >= 11 is 0. The Balaban J connectivity index is 2.11. The molecule has 1 aliphatic carbocycles. The maximum absolute atomic E-state index is 14.0. The van der Waals surface area contributed by atoms with E-state index in [1.54, 1.807) is 0 Å². The van der Waals surface area contributed by atoms with Gasteiger partial charge in [0.1, 0.15) is 0 Å². The predicted octanol–water partition coefficient (Wildman–Crippen LogP) is 2.23. The lowest BCUT2D eigenvalue weighted by molar-refractivity contribution is 0.294. The minimum atomic E-state index is -1.10. The van der Waals surface area contributed by atoms with Crippen LogP contribution in [0.5, 0.6) is 0 Å². The maximum Gasteiger partial charge on any atom is 0.152 e. The van der Waals surface area contributed by atoms with Crippen LogP contribution in [-0.2, 0) is 5.67 Å². The molecule has 0 aromatic heterocycles. The Bertz CT molecular complexity index is 285. The van der Waals surface area contributed by atoms with Crippen molar-refractivity contribution in [1.82, 2.24) is 5.32 Å². The van der Waals surface area contributed by atoms with E-state index in [2.05, 4.69) is 5.32 Å². The van der Waals surface area contributed by atoms with Crippen LogP contribution in [0.15, 0.2) is 30.3 Å². The number of halogens is 1. The van der Waals surface area contributed by atoms with Gasteiger partial charge in [0.05, 0.1) is 0 Å². The standard InChI is InChI=1S/C11H14FN/c1-2-13-10-8-11(10,12)9-6-4-3-5-7-9/h3-7,10,13H,2,8H2,1H3. The van der Waals surface area contributed by atoms with Gasteiger partial charge in [0.25, 0.3) is 0 Å². The minimum absolute atomic E-state index is 0.0277. The SMILES string of the molecule is CCNC1CC1(F)c1ccccc1. The number of rotatable bonds is 3. The van der Waals surface area contributed by atoms with Crippen molar-refractivity contribution in [3.05, 3.63) is 35.9 Å². The average Bonchev–Trinajstić information content (AvgIpc) is 2.81. The average molecular weight is 179 g/mol. The second-order valence-electron chi connectivity index (χ2n) is 3.54. The predicted molar refractivity (Wildman–Crippen MR) is 51.3 cm³/mol. The molecule has 0 spiro atoms. The molecule has 2 heteroatoms. The third-order valence-electron chi connectivity index (χ3n) is 2.60. The second-order valence-corrected chi connectivity index (χ2v) is 3.54. The van der Waals surface area contributed by atoms with Crippen molar-refractivity contribution in [3.63, 3.8) is 0 Å². The molecule has 0 saturated heterocycles. The zero-order chi connectivity index (χ0) is 9.31. The number of nitrogens with one attached hydrogen (secondary N) is 1. The fourth-order valence-electron chi connectivity index (χ4n) is 1.75. The van der Waals surface area contributed by atoms with Gasteiger partial charge in [0, 0.05) is 12.5 Å². The van der Waals surface area contributed by atoms with E-state index in [1.165, 1.54) is 0 Å². The van der Waals surface area contributed by atoms with Gasteiger partial charge < -0.3 is 5.32 Å². The molecule has 13 heavy (non-hydrogen) atoms. The number of benzene rings is 1. The van der Waals surface area contributed by atoms with Crippen LogP contribution in [0.1, 0.15) is 18.9 Å². The van der Waals surface area contributed by atoms with E-state index >= 15 is 0 Å². The van der Waals surface area contributed by atoms with Crippen LogP contribution < -0.4 is 5.32 Å². The van der Waals surface area contributed by atoms with E-state index in [4.69, 9.17) is 0 Å². The van der Waals surface area contributed by atoms with E-state index in [-0.39, 0.29) is 6.04 Å². The Labute approximate surface area is 78.0 Å². The van der Waals surface area contributed by atoms with Gasteiger partial charge in [-0.3, -0.25) is 0 Å². The van der Waals surface area contributed by atoms with Gasteiger partial charge in [0.15, 0.2) is 5.67 Å². The first kappa shape index (κ1) is 8.70. The first-order chi connectivity index (χ1) is 6.27. The van der Waals surface area contributed by atoms with Crippen molar-refractivity contribution in [2.45, 2.75) is 25.1 Å². The highest BCUT2D eigenvalue weighted by Gasteiger charge is 2.56. The van der Waals surface area contributed by atoms with Crippen LogP contribution in [0.4, 0.5) is 4.39 Å². The van der Waals surface area contributed by atoms with Crippen molar-refractivity contribution in [3.8, 4) is 0 Å². The molecule has 1 aromatic rings. The summed E-state index contributed by atoms with van der Waals surface area (Å²) in [6, 6.07) is 9.43. The quantitative estimate of drug-likeness (QED) is 0.750. The van der Waals surface area contributed by atoms with E-state index in [0.717, 1.165) is 12.1 Å². The highest BCUT2D eigenvalue weighted by molar-refractivity contribution is 5.32. The zero-order valence-electron chi connectivity index (χ0n) is 7.76. The summed E-state index contributed by atoms with van der Waals surface area (Å²) in [6.07, 6.45) is 0.616. The zero-order valence-corrected chi connectivity index (χ0v) is 7.76. The molecule has 2 atom stereocenters. The molecule has 2 unspecified atom stereocenters.